The van der Waals surface area contributed by atoms with Crippen LogP contribution in [-0.4, -0.2) is 13.1 Å². The Kier molecular flexibility index (Phi) is 4.73. The van der Waals surface area contributed by atoms with Crippen molar-refractivity contribution in [1.82, 2.24) is 5.32 Å². The first-order valence-electron chi connectivity index (χ1n) is 4.08. The highest BCUT2D eigenvalue weighted by Crippen LogP contribution is 2.20. The molecule has 0 fully saturated rings. The fourth-order valence-electron chi connectivity index (χ4n) is 0.990. The first kappa shape index (κ1) is 11.0. The largest absolute Gasteiger partial charge is 0.329 e. The lowest BCUT2D eigenvalue weighted by Crippen LogP contribution is -2.21. The summed E-state index contributed by atoms with van der Waals surface area (Å²) in [6.07, 6.45) is 0. The van der Waals surface area contributed by atoms with Crippen molar-refractivity contribution in [2.75, 3.05) is 13.1 Å². The molecule has 0 unspecified atom stereocenters. The number of nitrogens with two attached hydrogens (primary N) is 1. The summed E-state index contributed by atoms with van der Waals surface area (Å²) in [5, 5.41) is 3.96. The Labute approximate surface area is 91.6 Å². The van der Waals surface area contributed by atoms with Gasteiger partial charge in [-0.2, -0.15) is 0 Å². The Hall–Kier alpha value is -0.0900. The summed E-state index contributed by atoms with van der Waals surface area (Å²) in [5.74, 6) is 0. The second kappa shape index (κ2) is 5.60. The first-order valence-corrected chi connectivity index (χ1v) is 5.26. The van der Waals surface area contributed by atoms with E-state index in [0.29, 0.717) is 6.54 Å². The van der Waals surface area contributed by atoms with E-state index in [0.717, 1.165) is 28.1 Å². The van der Waals surface area contributed by atoms with E-state index in [4.69, 9.17) is 17.3 Å². The Morgan fingerprint density at radius 3 is 2.85 bits per heavy atom. The predicted octanol–water partition coefficient (Wildman–Crippen LogP) is 2.15. The summed E-state index contributed by atoms with van der Waals surface area (Å²) in [6, 6.07) is 5.86. The minimum Gasteiger partial charge on any atom is -0.329 e. The topological polar surface area (TPSA) is 38.0 Å². The summed E-state index contributed by atoms with van der Waals surface area (Å²) >= 11 is 9.36. The maximum Gasteiger partial charge on any atom is 0.0462 e. The van der Waals surface area contributed by atoms with Gasteiger partial charge in [-0.15, -0.1) is 0 Å². The number of hydrogen-bond acceptors (Lipinski definition) is 2. The zero-order valence-corrected chi connectivity index (χ0v) is 9.53. The quantitative estimate of drug-likeness (QED) is 0.817. The van der Waals surface area contributed by atoms with Gasteiger partial charge in [0.25, 0.3) is 0 Å². The van der Waals surface area contributed by atoms with Crippen LogP contribution in [-0.2, 0) is 6.54 Å². The Morgan fingerprint density at radius 2 is 2.23 bits per heavy atom. The van der Waals surface area contributed by atoms with Crippen LogP contribution in [0.2, 0.25) is 5.02 Å². The molecule has 1 aromatic carbocycles. The minimum absolute atomic E-state index is 0.647. The molecule has 0 heterocycles. The summed E-state index contributed by atoms with van der Waals surface area (Å²) in [4.78, 5) is 0. The summed E-state index contributed by atoms with van der Waals surface area (Å²) in [6.45, 7) is 2.23. The smallest absolute Gasteiger partial charge is 0.0462 e. The number of nitrogens with one attached hydrogen (secondary N) is 1. The average Bonchev–Trinajstić information content (AvgIpc) is 2.09. The maximum absolute atomic E-state index is 6.01. The van der Waals surface area contributed by atoms with E-state index in [2.05, 4.69) is 21.2 Å². The molecule has 0 aliphatic heterocycles. The molecular weight excluding hydrogens is 251 g/mol. The van der Waals surface area contributed by atoms with Crippen molar-refractivity contribution in [3.8, 4) is 0 Å². The molecule has 0 radical (unpaired) electrons. The Bertz CT molecular complexity index is 278. The molecule has 72 valence electrons. The van der Waals surface area contributed by atoms with Crippen molar-refractivity contribution >= 4 is 27.5 Å². The number of rotatable bonds is 4. The number of hydrogen-bond donors (Lipinski definition) is 2. The highest BCUT2D eigenvalue weighted by atomic mass is 79.9. The van der Waals surface area contributed by atoms with Crippen LogP contribution < -0.4 is 11.1 Å². The van der Waals surface area contributed by atoms with Gasteiger partial charge in [0.1, 0.15) is 0 Å². The van der Waals surface area contributed by atoms with E-state index < -0.39 is 0 Å². The molecule has 2 nitrogen and oxygen atoms in total. The zero-order valence-electron chi connectivity index (χ0n) is 7.19. The molecule has 0 spiro atoms. The van der Waals surface area contributed by atoms with Crippen LogP contribution in [0.3, 0.4) is 0 Å². The van der Waals surface area contributed by atoms with Crippen molar-refractivity contribution in [3.05, 3.63) is 33.3 Å². The average molecular weight is 264 g/mol. The molecule has 0 bridgehead atoms. The SMILES string of the molecule is NCCNCc1ccc(Br)cc1Cl. The van der Waals surface area contributed by atoms with Gasteiger partial charge in [0, 0.05) is 29.1 Å². The third kappa shape index (κ3) is 3.65. The molecule has 0 amide bonds. The van der Waals surface area contributed by atoms with Crippen molar-refractivity contribution in [2.24, 2.45) is 5.73 Å². The van der Waals surface area contributed by atoms with Gasteiger partial charge in [0.2, 0.25) is 0 Å². The van der Waals surface area contributed by atoms with Gasteiger partial charge in [-0.05, 0) is 17.7 Å². The van der Waals surface area contributed by atoms with Gasteiger partial charge in [0.15, 0.2) is 0 Å². The Balaban J connectivity index is 2.56. The van der Waals surface area contributed by atoms with Crippen LogP contribution in [0.5, 0.6) is 0 Å². The zero-order chi connectivity index (χ0) is 9.68. The van der Waals surface area contributed by atoms with Crippen molar-refractivity contribution in [3.63, 3.8) is 0 Å². The molecule has 0 atom stereocenters. The molecule has 0 saturated heterocycles. The monoisotopic (exact) mass is 262 g/mol. The van der Waals surface area contributed by atoms with E-state index in [-0.39, 0.29) is 0 Å². The van der Waals surface area contributed by atoms with E-state index in [9.17, 15) is 0 Å². The third-order valence-electron chi connectivity index (χ3n) is 1.65. The minimum atomic E-state index is 0.647. The maximum atomic E-state index is 6.01. The van der Waals surface area contributed by atoms with Crippen molar-refractivity contribution in [2.45, 2.75) is 6.54 Å². The molecule has 1 rings (SSSR count). The van der Waals surface area contributed by atoms with Crippen molar-refractivity contribution < 1.29 is 0 Å². The molecule has 1 aromatic rings. The van der Waals surface area contributed by atoms with E-state index in [1.807, 2.05) is 18.2 Å². The molecule has 13 heavy (non-hydrogen) atoms. The lowest BCUT2D eigenvalue weighted by atomic mass is 10.2. The van der Waals surface area contributed by atoms with Crippen LogP contribution in [0.15, 0.2) is 22.7 Å². The second-order valence-electron chi connectivity index (χ2n) is 2.70. The highest BCUT2D eigenvalue weighted by molar-refractivity contribution is 9.10. The van der Waals surface area contributed by atoms with Crippen LogP contribution in [0.4, 0.5) is 0 Å². The fourth-order valence-corrected chi connectivity index (χ4v) is 1.73. The molecule has 0 saturated carbocycles. The second-order valence-corrected chi connectivity index (χ2v) is 4.02. The van der Waals surface area contributed by atoms with E-state index in [1.54, 1.807) is 0 Å². The van der Waals surface area contributed by atoms with E-state index in [1.165, 1.54) is 0 Å². The normalized spacial score (nSPS) is 10.4. The fraction of sp³-hybridized carbons (Fsp3) is 0.333. The van der Waals surface area contributed by atoms with Crippen molar-refractivity contribution in [1.29, 1.82) is 0 Å². The molecule has 0 aromatic heterocycles. The first-order chi connectivity index (χ1) is 6.24. The number of benzene rings is 1. The number of halogens is 2. The van der Waals surface area contributed by atoms with Gasteiger partial charge in [-0.3, -0.25) is 0 Å². The van der Waals surface area contributed by atoms with Crippen LogP contribution in [0, 0.1) is 0 Å². The molecule has 0 aliphatic rings. The molecular formula is C9H12BrClN2. The summed E-state index contributed by atoms with van der Waals surface area (Å²) < 4.78 is 1.00. The van der Waals surface area contributed by atoms with Gasteiger partial charge in [-0.25, -0.2) is 0 Å². The molecule has 3 N–H and O–H groups in total. The Morgan fingerprint density at radius 1 is 1.46 bits per heavy atom. The summed E-state index contributed by atoms with van der Waals surface area (Å²) in [7, 11) is 0. The summed E-state index contributed by atoms with van der Waals surface area (Å²) in [5.41, 5.74) is 6.45. The van der Waals surface area contributed by atoms with Gasteiger partial charge < -0.3 is 11.1 Å². The standard InChI is InChI=1S/C9H12BrClN2/c10-8-2-1-7(9(11)5-8)6-13-4-3-12/h1-2,5,13H,3-4,6,12H2. The van der Waals surface area contributed by atoms with Gasteiger partial charge >= 0.3 is 0 Å². The van der Waals surface area contributed by atoms with Gasteiger partial charge in [-0.1, -0.05) is 33.6 Å². The van der Waals surface area contributed by atoms with Crippen LogP contribution in [0.1, 0.15) is 5.56 Å². The van der Waals surface area contributed by atoms with Gasteiger partial charge in [0.05, 0.1) is 0 Å². The lowest BCUT2D eigenvalue weighted by Gasteiger charge is -2.05. The third-order valence-corrected chi connectivity index (χ3v) is 2.50. The molecule has 4 heteroatoms. The predicted molar refractivity (Wildman–Crippen MR) is 59.9 cm³/mol. The highest BCUT2D eigenvalue weighted by Gasteiger charge is 1.99. The van der Waals surface area contributed by atoms with Crippen LogP contribution in [0.25, 0.3) is 0 Å². The lowest BCUT2D eigenvalue weighted by molar-refractivity contribution is 0.695. The molecule has 0 aliphatic carbocycles. The van der Waals surface area contributed by atoms with Crippen LogP contribution >= 0.6 is 27.5 Å². The van der Waals surface area contributed by atoms with E-state index >= 15 is 0 Å².